The number of primary sulfonamides is 1. The lowest BCUT2D eigenvalue weighted by molar-refractivity contribution is 0.111. The van der Waals surface area contributed by atoms with Crippen LogP contribution in [0.1, 0.15) is 5.56 Å². The molecular weight excluding hydrogens is 261 g/mol. The maximum absolute atomic E-state index is 12.8. The Labute approximate surface area is 106 Å². The molecule has 18 heavy (non-hydrogen) atoms. The summed E-state index contributed by atoms with van der Waals surface area (Å²) in [5, 5.41) is 4.80. The Hall–Kier alpha value is -1.18. The van der Waals surface area contributed by atoms with Crippen LogP contribution < -0.4 is 9.88 Å². The zero-order valence-electron chi connectivity index (χ0n) is 10.1. The van der Waals surface area contributed by atoms with Crippen LogP contribution in [0.25, 0.3) is 0 Å². The second-order valence-electron chi connectivity index (χ2n) is 3.74. The van der Waals surface area contributed by atoms with Gasteiger partial charge in [-0.25, -0.2) is 17.9 Å². The number of hydrogen-bond acceptors (Lipinski definition) is 4. The third-order valence-corrected chi connectivity index (χ3v) is 2.87. The number of sulfonamides is 1. The third kappa shape index (κ3) is 5.95. The van der Waals surface area contributed by atoms with Gasteiger partial charge in [-0.3, -0.25) is 0 Å². The smallest absolute Gasteiger partial charge is 0.211 e. The Morgan fingerprint density at radius 1 is 1.28 bits per heavy atom. The van der Waals surface area contributed by atoms with Gasteiger partial charge >= 0.3 is 0 Å². The van der Waals surface area contributed by atoms with E-state index in [0.717, 1.165) is 0 Å². The van der Waals surface area contributed by atoms with Gasteiger partial charge in [-0.1, -0.05) is 0 Å². The maximum Gasteiger partial charge on any atom is 0.211 e. The minimum absolute atomic E-state index is 0.0323. The van der Waals surface area contributed by atoms with Crippen LogP contribution in [0.4, 0.5) is 4.39 Å². The van der Waals surface area contributed by atoms with Crippen molar-refractivity contribution in [1.82, 2.24) is 0 Å². The first kappa shape index (κ1) is 14.9. The summed E-state index contributed by atoms with van der Waals surface area (Å²) in [5.41, 5.74) is 0.694. The molecule has 0 aliphatic heterocycles. The van der Waals surface area contributed by atoms with Gasteiger partial charge in [-0.05, 0) is 30.7 Å². The molecule has 0 bridgehead atoms. The molecule has 0 saturated heterocycles. The average Bonchev–Trinajstić information content (AvgIpc) is 2.24. The average molecular weight is 277 g/mol. The molecular formula is C11H16FNO4S. The minimum atomic E-state index is -3.48. The minimum Gasteiger partial charge on any atom is -0.491 e. The molecule has 0 heterocycles. The molecule has 0 fully saturated rings. The number of ether oxygens (including phenoxy) is 2. The van der Waals surface area contributed by atoms with Gasteiger partial charge in [0.05, 0.1) is 19.0 Å². The van der Waals surface area contributed by atoms with Crippen LogP contribution in [0, 0.1) is 12.7 Å². The van der Waals surface area contributed by atoms with Crippen LogP contribution in [0.2, 0.25) is 0 Å². The molecule has 2 N–H and O–H groups in total. The SMILES string of the molecule is Cc1cc(F)ccc1OCCOCCS(N)(=O)=O. The van der Waals surface area contributed by atoms with E-state index in [2.05, 4.69) is 0 Å². The summed E-state index contributed by atoms with van der Waals surface area (Å²) in [6.45, 7) is 2.27. The zero-order chi connectivity index (χ0) is 13.6. The van der Waals surface area contributed by atoms with E-state index in [9.17, 15) is 12.8 Å². The summed E-state index contributed by atoms with van der Waals surface area (Å²) in [7, 11) is -3.48. The molecule has 7 heteroatoms. The molecule has 1 rings (SSSR count). The Balaban J connectivity index is 2.22. The van der Waals surface area contributed by atoms with Gasteiger partial charge in [0.1, 0.15) is 18.2 Å². The molecule has 0 unspecified atom stereocenters. The van der Waals surface area contributed by atoms with Crippen molar-refractivity contribution in [3.05, 3.63) is 29.6 Å². The van der Waals surface area contributed by atoms with Gasteiger partial charge in [0.2, 0.25) is 10.0 Å². The lowest BCUT2D eigenvalue weighted by atomic mass is 10.2. The van der Waals surface area contributed by atoms with Gasteiger partial charge < -0.3 is 9.47 Å². The van der Waals surface area contributed by atoms with E-state index >= 15 is 0 Å². The molecule has 0 saturated carbocycles. The van der Waals surface area contributed by atoms with Crippen molar-refractivity contribution in [3.8, 4) is 5.75 Å². The third-order valence-electron chi connectivity index (χ3n) is 2.13. The van der Waals surface area contributed by atoms with Gasteiger partial charge in [0.25, 0.3) is 0 Å². The lowest BCUT2D eigenvalue weighted by Gasteiger charge is -2.09. The van der Waals surface area contributed by atoms with Gasteiger partial charge in [0.15, 0.2) is 0 Å². The summed E-state index contributed by atoms with van der Waals surface area (Å²) in [5.74, 6) is 0.0402. The topological polar surface area (TPSA) is 78.6 Å². The molecule has 0 atom stereocenters. The van der Waals surface area contributed by atoms with E-state index in [1.165, 1.54) is 18.2 Å². The summed E-state index contributed by atoms with van der Waals surface area (Å²) in [4.78, 5) is 0. The van der Waals surface area contributed by atoms with Crippen molar-refractivity contribution < 1.29 is 22.3 Å². The lowest BCUT2D eigenvalue weighted by Crippen LogP contribution is -2.21. The number of benzene rings is 1. The van der Waals surface area contributed by atoms with Crippen LogP contribution in [0.3, 0.4) is 0 Å². The van der Waals surface area contributed by atoms with Gasteiger partial charge in [-0.2, -0.15) is 0 Å². The second-order valence-corrected chi connectivity index (χ2v) is 5.47. The van der Waals surface area contributed by atoms with E-state index in [1.54, 1.807) is 6.92 Å². The standard InChI is InChI=1S/C11H16FNO4S/c1-9-8-10(12)2-3-11(9)17-5-4-16-6-7-18(13,14)15/h2-3,8H,4-7H2,1H3,(H2,13,14,15). The normalized spacial score (nSPS) is 11.5. The number of hydrogen-bond donors (Lipinski definition) is 1. The molecule has 0 radical (unpaired) electrons. The predicted molar refractivity (Wildman–Crippen MR) is 65.4 cm³/mol. The zero-order valence-corrected chi connectivity index (χ0v) is 10.9. The van der Waals surface area contributed by atoms with Crippen LogP contribution in [-0.2, 0) is 14.8 Å². The van der Waals surface area contributed by atoms with Crippen molar-refractivity contribution in [1.29, 1.82) is 0 Å². The summed E-state index contributed by atoms with van der Waals surface area (Å²) in [6.07, 6.45) is 0. The number of aryl methyl sites for hydroxylation is 1. The van der Waals surface area contributed by atoms with Crippen LogP contribution >= 0.6 is 0 Å². The first-order valence-corrected chi connectivity index (χ1v) is 7.07. The first-order chi connectivity index (χ1) is 8.38. The largest absolute Gasteiger partial charge is 0.491 e. The van der Waals surface area contributed by atoms with E-state index in [0.29, 0.717) is 11.3 Å². The van der Waals surface area contributed by atoms with Crippen molar-refractivity contribution in [2.24, 2.45) is 5.14 Å². The predicted octanol–water partition coefficient (Wildman–Crippen LogP) is 0.818. The molecule has 0 aliphatic rings. The number of nitrogens with two attached hydrogens (primary N) is 1. The quantitative estimate of drug-likeness (QED) is 0.748. The Kier molecular flexibility index (Phi) is 5.52. The van der Waals surface area contributed by atoms with Crippen LogP contribution in [0.15, 0.2) is 18.2 Å². The first-order valence-electron chi connectivity index (χ1n) is 5.35. The molecule has 0 amide bonds. The Bertz CT molecular complexity index is 490. The highest BCUT2D eigenvalue weighted by Gasteiger charge is 2.03. The van der Waals surface area contributed by atoms with E-state index in [-0.39, 0.29) is 31.4 Å². The molecule has 102 valence electrons. The summed E-state index contributed by atoms with van der Waals surface area (Å²) >= 11 is 0. The molecule has 1 aromatic carbocycles. The Morgan fingerprint density at radius 2 is 2.00 bits per heavy atom. The summed E-state index contributed by atoms with van der Waals surface area (Å²) < 4.78 is 44.4. The highest BCUT2D eigenvalue weighted by atomic mass is 32.2. The molecule has 5 nitrogen and oxygen atoms in total. The van der Waals surface area contributed by atoms with Crippen molar-refractivity contribution >= 4 is 10.0 Å². The monoisotopic (exact) mass is 277 g/mol. The molecule has 0 aromatic heterocycles. The maximum atomic E-state index is 12.8. The fraction of sp³-hybridized carbons (Fsp3) is 0.455. The van der Waals surface area contributed by atoms with Crippen LogP contribution in [0.5, 0.6) is 5.75 Å². The molecule has 0 aliphatic carbocycles. The van der Waals surface area contributed by atoms with Crippen molar-refractivity contribution in [3.63, 3.8) is 0 Å². The second kappa shape index (κ2) is 6.67. The van der Waals surface area contributed by atoms with Crippen LogP contribution in [-0.4, -0.2) is 34.0 Å². The Morgan fingerprint density at radius 3 is 2.61 bits per heavy atom. The highest BCUT2D eigenvalue weighted by Crippen LogP contribution is 2.17. The molecule has 0 spiro atoms. The van der Waals surface area contributed by atoms with E-state index < -0.39 is 10.0 Å². The number of rotatable bonds is 7. The fourth-order valence-electron chi connectivity index (χ4n) is 1.26. The highest BCUT2D eigenvalue weighted by molar-refractivity contribution is 7.89. The summed E-state index contributed by atoms with van der Waals surface area (Å²) in [6, 6.07) is 4.22. The molecule has 1 aromatic rings. The van der Waals surface area contributed by atoms with Crippen molar-refractivity contribution in [2.75, 3.05) is 25.6 Å². The number of halogens is 1. The fourth-order valence-corrected chi connectivity index (χ4v) is 1.61. The van der Waals surface area contributed by atoms with E-state index in [1.807, 2.05) is 0 Å². The van der Waals surface area contributed by atoms with Gasteiger partial charge in [-0.15, -0.1) is 0 Å². The van der Waals surface area contributed by atoms with Gasteiger partial charge in [0, 0.05) is 0 Å². The van der Waals surface area contributed by atoms with E-state index in [4.69, 9.17) is 14.6 Å². The van der Waals surface area contributed by atoms with Crippen molar-refractivity contribution in [2.45, 2.75) is 6.92 Å².